The number of benzene rings is 1. The maximum atomic E-state index is 13.2. The summed E-state index contributed by atoms with van der Waals surface area (Å²) in [5.41, 5.74) is 2.84. The zero-order valence-corrected chi connectivity index (χ0v) is 19.8. The molecular formula is C26H36N2O2S. The van der Waals surface area contributed by atoms with Crippen molar-refractivity contribution in [2.45, 2.75) is 90.5 Å². The average Bonchev–Trinajstić information content (AvgIpc) is 3.05. The molecule has 0 saturated heterocycles. The SMILES string of the molecule is CC(C)NC(=O)c1c(NC(=O)Cc2ccccc2)sc2c1CCCCCCCCCC2. The van der Waals surface area contributed by atoms with Crippen molar-refractivity contribution in [3.63, 3.8) is 0 Å². The van der Waals surface area contributed by atoms with Crippen LogP contribution in [0.5, 0.6) is 0 Å². The second-order valence-electron chi connectivity index (χ2n) is 8.88. The van der Waals surface area contributed by atoms with E-state index in [2.05, 4.69) is 10.6 Å². The van der Waals surface area contributed by atoms with Gasteiger partial charge in [-0.25, -0.2) is 0 Å². The molecule has 0 unspecified atom stereocenters. The van der Waals surface area contributed by atoms with Gasteiger partial charge in [-0.05, 0) is 50.7 Å². The van der Waals surface area contributed by atoms with E-state index in [1.54, 1.807) is 11.3 Å². The summed E-state index contributed by atoms with van der Waals surface area (Å²) in [7, 11) is 0. The Morgan fingerprint density at radius 1 is 0.903 bits per heavy atom. The molecule has 5 heteroatoms. The van der Waals surface area contributed by atoms with Crippen LogP contribution in [-0.4, -0.2) is 17.9 Å². The minimum absolute atomic E-state index is 0.0576. The van der Waals surface area contributed by atoms with Gasteiger partial charge in [0.1, 0.15) is 5.00 Å². The normalized spacial score (nSPS) is 15.5. The van der Waals surface area contributed by atoms with Crippen LogP contribution in [0.3, 0.4) is 0 Å². The highest BCUT2D eigenvalue weighted by atomic mass is 32.1. The topological polar surface area (TPSA) is 58.2 Å². The molecule has 0 radical (unpaired) electrons. The lowest BCUT2D eigenvalue weighted by atomic mass is 9.97. The molecule has 0 aliphatic heterocycles. The molecule has 2 N–H and O–H groups in total. The number of carbonyl (C=O) groups is 2. The fourth-order valence-electron chi connectivity index (χ4n) is 4.24. The van der Waals surface area contributed by atoms with Gasteiger partial charge in [0.15, 0.2) is 0 Å². The van der Waals surface area contributed by atoms with Gasteiger partial charge in [0, 0.05) is 10.9 Å². The zero-order valence-electron chi connectivity index (χ0n) is 19.0. The van der Waals surface area contributed by atoms with Gasteiger partial charge in [-0.3, -0.25) is 9.59 Å². The van der Waals surface area contributed by atoms with Crippen molar-refractivity contribution in [2.24, 2.45) is 0 Å². The third-order valence-electron chi connectivity index (χ3n) is 5.78. The van der Waals surface area contributed by atoms with Crippen LogP contribution in [0, 0.1) is 0 Å². The summed E-state index contributed by atoms with van der Waals surface area (Å²) < 4.78 is 0. The van der Waals surface area contributed by atoms with Gasteiger partial charge in [-0.1, -0.05) is 68.9 Å². The highest BCUT2D eigenvalue weighted by Gasteiger charge is 2.25. The molecule has 3 rings (SSSR count). The summed E-state index contributed by atoms with van der Waals surface area (Å²) in [4.78, 5) is 27.2. The first kappa shape index (κ1) is 23.5. The number of carbonyl (C=O) groups excluding carboxylic acids is 2. The number of anilines is 1. The Balaban J connectivity index is 1.87. The quantitative estimate of drug-likeness (QED) is 0.574. The summed E-state index contributed by atoms with van der Waals surface area (Å²) in [6, 6.07) is 9.81. The first-order valence-corrected chi connectivity index (χ1v) is 12.7. The molecule has 0 saturated carbocycles. The highest BCUT2D eigenvalue weighted by Crippen LogP contribution is 2.36. The number of amides is 2. The van der Waals surface area contributed by atoms with E-state index < -0.39 is 0 Å². The Morgan fingerprint density at radius 2 is 1.52 bits per heavy atom. The molecule has 0 spiro atoms. The maximum Gasteiger partial charge on any atom is 0.254 e. The largest absolute Gasteiger partial charge is 0.350 e. The Hall–Kier alpha value is -2.14. The van der Waals surface area contributed by atoms with Gasteiger partial charge < -0.3 is 10.6 Å². The van der Waals surface area contributed by atoms with Crippen LogP contribution in [0.2, 0.25) is 0 Å². The summed E-state index contributed by atoms with van der Waals surface area (Å²) in [6.45, 7) is 3.95. The molecule has 4 nitrogen and oxygen atoms in total. The molecule has 0 fully saturated rings. The Kier molecular flexibility index (Phi) is 9.13. The van der Waals surface area contributed by atoms with Gasteiger partial charge in [0.25, 0.3) is 5.91 Å². The van der Waals surface area contributed by atoms with E-state index in [1.807, 2.05) is 44.2 Å². The van der Waals surface area contributed by atoms with E-state index in [0.717, 1.165) is 36.2 Å². The molecule has 168 valence electrons. The molecule has 31 heavy (non-hydrogen) atoms. The van der Waals surface area contributed by atoms with Crippen LogP contribution >= 0.6 is 11.3 Å². The third-order valence-corrected chi connectivity index (χ3v) is 6.99. The lowest BCUT2D eigenvalue weighted by Gasteiger charge is -2.13. The lowest BCUT2D eigenvalue weighted by Crippen LogP contribution is -2.31. The first-order valence-electron chi connectivity index (χ1n) is 11.8. The Morgan fingerprint density at radius 3 is 2.16 bits per heavy atom. The summed E-state index contributed by atoms with van der Waals surface area (Å²) >= 11 is 1.61. The lowest BCUT2D eigenvalue weighted by molar-refractivity contribution is -0.115. The van der Waals surface area contributed by atoms with Crippen LogP contribution < -0.4 is 10.6 Å². The average molecular weight is 441 g/mol. The van der Waals surface area contributed by atoms with Crippen LogP contribution in [0.1, 0.15) is 91.6 Å². The second kappa shape index (κ2) is 12.0. The molecule has 1 aliphatic carbocycles. The fraction of sp³-hybridized carbons (Fsp3) is 0.538. The Labute approximate surface area is 190 Å². The third kappa shape index (κ3) is 7.20. The van der Waals surface area contributed by atoms with E-state index in [4.69, 9.17) is 0 Å². The number of hydrogen-bond donors (Lipinski definition) is 2. The predicted octanol–water partition coefficient (Wildman–Crippen LogP) is 6.29. The number of thiophene rings is 1. The molecule has 1 aliphatic rings. The van der Waals surface area contributed by atoms with Crippen LogP contribution in [-0.2, 0) is 24.1 Å². The minimum Gasteiger partial charge on any atom is -0.350 e. The molecule has 1 aromatic carbocycles. The molecule has 1 aromatic heterocycles. The van der Waals surface area contributed by atoms with Crippen molar-refractivity contribution in [3.05, 3.63) is 51.9 Å². The van der Waals surface area contributed by atoms with Crippen molar-refractivity contribution in [1.82, 2.24) is 5.32 Å². The number of fused-ring (bicyclic) bond motifs is 1. The van der Waals surface area contributed by atoms with E-state index in [0.29, 0.717) is 12.0 Å². The van der Waals surface area contributed by atoms with E-state index >= 15 is 0 Å². The number of rotatable bonds is 5. The summed E-state index contributed by atoms with van der Waals surface area (Å²) in [5, 5.41) is 6.87. The van der Waals surface area contributed by atoms with E-state index in [1.165, 1.54) is 49.0 Å². The van der Waals surface area contributed by atoms with Crippen molar-refractivity contribution in [2.75, 3.05) is 5.32 Å². The fourth-order valence-corrected chi connectivity index (χ4v) is 5.54. The Bertz CT molecular complexity index is 858. The highest BCUT2D eigenvalue weighted by molar-refractivity contribution is 7.17. The molecule has 1 heterocycles. The monoisotopic (exact) mass is 440 g/mol. The maximum absolute atomic E-state index is 13.2. The van der Waals surface area contributed by atoms with Crippen LogP contribution in [0.15, 0.2) is 30.3 Å². The van der Waals surface area contributed by atoms with Crippen LogP contribution in [0.4, 0.5) is 5.00 Å². The number of hydrogen-bond acceptors (Lipinski definition) is 3. The minimum atomic E-state index is -0.0675. The smallest absolute Gasteiger partial charge is 0.254 e. The van der Waals surface area contributed by atoms with Crippen molar-refractivity contribution < 1.29 is 9.59 Å². The number of aryl methyl sites for hydroxylation is 1. The van der Waals surface area contributed by atoms with Gasteiger partial charge in [-0.2, -0.15) is 0 Å². The molecule has 2 amide bonds. The first-order chi connectivity index (χ1) is 15.0. The van der Waals surface area contributed by atoms with Crippen molar-refractivity contribution >= 4 is 28.2 Å². The van der Waals surface area contributed by atoms with Gasteiger partial charge in [-0.15, -0.1) is 11.3 Å². The standard InChI is InChI=1S/C26H36N2O2S/c1-19(2)27-25(30)24-21-16-12-7-5-3-4-6-8-13-17-22(21)31-26(24)28-23(29)18-20-14-10-9-11-15-20/h9-11,14-15,19H,3-8,12-13,16-18H2,1-2H3,(H,27,30)(H,28,29). The summed E-state index contributed by atoms with van der Waals surface area (Å²) in [6.07, 6.45) is 12.1. The molecular weight excluding hydrogens is 404 g/mol. The van der Waals surface area contributed by atoms with Crippen molar-refractivity contribution in [1.29, 1.82) is 0 Å². The zero-order chi connectivity index (χ0) is 22.1. The van der Waals surface area contributed by atoms with Gasteiger partial charge in [0.05, 0.1) is 12.0 Å². The number of nitrogens with one attached hydrogen (secondary N) is 2. The second-order valence-corrected chi connectivity index (χ2v) is 9.98. The molecule has 0 bridgehead atoms. The van der Waals surface area contributed by atoms with E-state index in [-0.39, 0.29) is 17.9 Å². The molecule has 0 atom stereocenters. The van der Waals surface area contributed by atoms with E-state index in [9.17, 15) is 9.59 Å². The molecule has 2 aromatic rings. The summed E-state index contributed by atoms with van der Waals surface area (Å²) in [5.74, 6) is -0.128. The predicted molar refractivity (Wildman–Crippen MR) is 130 cm³/mol. The van der Waals surface area contributed by atoms with Crippen molar-refractivity contribution in [3.8, 4) is 0 Å². The van der Waals surface area contributed by atoms with Gasteiger partial charge in [0.2, 0.25) is 5.91 Å². The van der Waals surface area contributed by atoms with Gasteiger partial charge >= 0.3 is 0 Å². The van der Waals surface area contributed by atoms with Crippen LogP contribution in [0.25, 0.3) is 0 Å².